The summed E-state index contributed by atoms with van der Waals surface area (Å²) in [5.74, 6) is 2.37. The Labute approximate surface area is 155 Å². The van der Waals surface area contributed by atoms with E-state index in [1.165, 1.54) is 64.5 Å². The third kappa shape index (κ3) is 8.44. The molecule has 2 rings (SSSR count). The highest BCUT2D eigenvalue weighted by Crippen LogP contribution is 2.27. The number of hydrogen-bond acceptors (Lipinski definition) is 3. The fraction of sp³-hybridized carbons (Fsp3) is 0.952. The van der Waals surface area contributed by atoms with Crippen molar-refractivity contribution < 1.29 is 9.53 Å². The van der Waals surface area contributed by atoms with E-state index in [2.05, 4.69) is 17.1 Å². The zero-order valence-electron chi connectivity index (χ0n) is 17.0. The quantitative estimate of drug-likeness (QED) is 0.788. The predicted molar refractivity (Wildman–Crippen MR) is 104 cm³/mol. The molecule has 1 aliphatic carbocycles. The Bertz CT molecular complexity index is 395. The highest BCUT2D eigenvalue weighted by molar-refractivity contribution is 5.67. The van der Waals surface area contributed by atoms with Gasteiger partial charge in [0.15, 0.2) is 0 Å². The number of piperidine rings is 1. The maximum Gasteiger partial charge on any atom is 0.407 e. The molecular formula is C21H40N2O2. The summed E-state index contributed by atoms with van der Waals surface area (Å²) in [6, 6.07) is 0. The molecule has 1 saturated carbocycles. The molecule has 1 heterocycles. The van der Waals surface area contributed by atoms with Crippen LogP contribution in [0.15, 0.2) is 0 Å². The van der Waals surface area contributed by atoms with Crippen molar-refractivity contribution in [2.24, 2.45) is 17.8 Å². The highest BCUT2D eigenvalue weighted by atomic mass is 16.6. The number of carbonyl (C=O) groups is 1. The molecule has 1 aliphatic heterocycles. The first-order valence-corrected chi connectivity index (χ1v) is 10.5. The molecule has 0 radical (unpaired) electrons. The van der Waals surface area contributed by atoms with E-state index in [-0.39, 0.29) is 6.09 Å². The summed E-state index contributed by atoms with van der Waals surface area (Å²) < 4.78 is 5.35. The van der Waals surface area contributed by atoms with E-state index >= 15 is 0 Å². The molecule has 2 aliphatic rings. The molecule has 146 valence electrons. The zero-order valence-corrected chi connectivity index (χ0v) is 17.0. The summed E-state index contributed by atoms with van der Waals surface area (Å²) in [7, 11) is 0. The van der Waals surface area contributed by atoms with Crippen molar-refractivity contribution >= 4 is 6.09 Å². The molecule has 25 heavy (non-hydrogen) atoms. The summed E-state index contributed by atoms with van der Waals surface area (Å²) in [4.78, 5) is 14.5. The number of carbonyl (C=O) groups excluding carboxylic acids is 1. The molecule has 1 atom stereocenters. The fourth-order valence-electron chi connectivity index (χ4n) is 4.37. The van der Waals surface area contributed by atoms with Gasteiger partial charge in [0.2, 0.25) is 0 Å². The highest BCUT2D eigenvalue weighted by Gasteiger charge is 2.24. The molecule has 0 aromatic rings. The van der Waals surface area contributed by atoms with Crippen LogP contribution in [0.1, 0.15) is 79.1 Å². The lowest BCUT2D eigenvalue weighted by Crippen LogP contribution is -2.43. The van der Waals surface area contributed by atoms with Crippen molar-refractivity contribution in [1.29, 1.82) is 0 Å². The van der Waals surface area contributed by atoms with E-state index in [0.29, 0.717) is 5.92 Å². The SMILES string of the molecule is CC1CCCC(CN2CCCC(CNC(=O)OC(C)(C)C)C2)CCC1. The van der Waals surface area contributed by atoms with Gasteiger partial charge in [0.1, 0.15) is 5.60 Å². The molecule has 4 heteroatoms. The number of alkyl carbamates (subject to hydrolysis) is 1. The number of nitrogens with one attached hydrogen (secondary N) is 1. The maximum absolute atomic E-state index is 11.9. The van der Waals surface area contributed by atoms with Crippen LogP contribution in [0.5, 0.6) is 0 Å². The van der Waals surface area contributed by atoms with Gasteiger partial charge in [-0.05, 0) is 70.8 Å². The molecule has 0 bridgehead atoms. The van der Waals surface area contributed by atoms with Crippen molar-refractivity contribution in [2.45, 2.75) is 84.7 Å². The van der Waals surface area contributed by atoms with Crippen LogP contribution in [0.2, 0.25) is 0 Å². The predicted octanol–water partition coefficient (Wildman–Crippen LogP) is 4.83. The first-order valence-electron chi connectivity index (χ1n) is 10.5. The van der Waals surface area contributed by atoms with E-state index in [4.69, 9.17) is 4.74 Å². The monoisotopic (exact) mass is 352 g/mol. The van der Waals surface area contributed by atoms with Crippen LogP contribution in [0.25, 0.3) is 0 Å². The zero-order chi connectivity index (χ0) is 18.3. The van der Waals surface area contributed by atoms with Crippen LogP contribution in [-0.4, -0.2) is 42.8 Å². The van der Waals surface area contributed by atoms with Crippen molar-refractivity contribution in [3.63, 3.8) is 0 Å². The lowest BCUT2D eigenvalue weighted by molar-refractivity contribution is 0.0504. The second-order valence-corrected chi connectivity index (χ2v) is 9.48. The molecule has 0 aromatic heterocycles. The van der Waals surface area contributed by atoms with Gasteiger partial charge >= 0.3 is 6.09 Å². The third-order valence-corrected chi connectivity index (χ3v) is 5.67. The fourth-order valence-corrected chi connectivity index (χ4v) is 4.37. The summed E-state index contributed by atoms with van der Waals surface area (Å²) in [5, 5.41) is 2.97. The van der Waals surface area contributed by atoms with E-state index in [1.807, 2.05) is 20.8 Å². The molecule has 2 fully saturated rings. The summed E-state index contributed by atoms with van der Waals surface area (Å²) in [6.45, 7) is 12.5. The Morgan fingerprint density at radius 3 is 2.32 bits per heavy atom. The average molecular weight is 353 g/mol. The van der Waals surface area contributed by atoms with Crippen LogP contribution in [-0.2, 0) is 4.74 Å². The molecule has 0 spiro atoms. The van der Waals surface area contributed by atoms with Crippen molar-refractivity contribution in [2.75, 3.05) is 26.2 Å². The average Bonchev–Trinajstić information content (AvgIpc) is 2.49. The summed E-state index contributed by atoms with van der Waals surface area (Å²) >= 11 is 0. The van der Waals surface area contributed by atoms with Crippen LogP contribution >= 0.6 is 0 Å². The number of hydrogen-bond donors (Lipinski definition) is 1. The number of nitrogens with zero attached hydrogens (tertiary/aromatic N) is 1. The van der Waals surface area contributed by atoms with Gasteiger partial charge in [0.25, 0.3) is 0 Å². The van der Waals surface area contributed by atoms with E-state index in [0.717, 1.165) is 24.9 Å². The van der Waals surface area contributed by atoms with E-state index < -0.39 is 5.60 Å². The molecular weight excluding hydrogens is 312 g/mol. The first kappa shape index (κ1) is 20.5. The maximum atomic E-state index is 11.9. The van der Waals surface area contributed by atoms with Gasteiger partial charge in [0.05, 0.1) is 0 Å². The van der Waals surface area contributed by atoms with Gasteiger partial charge in [-0.1, -0.05) is 32.6 Å². The number of amides is 1. The van der Waals surface area contributed by atoms with E-state index in [1.54, 1.807) is 0 Å². The summed E-state index contributed by atoms with van der Waals surface area (Å²) in [5.41, 5.74) is -0.418. The Kier molecular flexibility index (Phi) is 8.05. The second-order valence-electron chi connectivity index (χ2n) is 9.48. The molecule has 1 N–H and O–H groups in total. The minimum atomic E-state index is -0.418. The normalized spacial score (nSPS) is 29.5. The van der Waals surface area contributed by atoms with Crippen molar-refractivity contribution in [3.05, 3.63) is 0 Å². The number of rotatable bonds is 4. The van der Waals surface area contributed by atoms with Crippen LogP contribution in [0, 0.1) is 17.8 Å². The minimum absolute atomic E-state index is 0.279. The Balaban J connectivity index is 1.70. The van der Waals surface area contributed by atoms with E-state index in [9.17, 15) is 4.79 Å². The van der Waals surface area contributed by atoms with Gasteiger partial charge in [-0.25, -0.2) is 4.79 Å². The lowest BCUT2D eigenvalue weighted by atomic mass is 9.86. The smallest absolute Gasteiger partial charge is 0.407 e. The Morgan fingerprint density at radius 2 is 1.68 bits per heavy atom. The minimum Gasteiger partial charge on any atom is -0.444 e. The topological polar surface area (TPSA) is 41.6 Å². The van der Waals surface area contributed by atoms with Gasteiger partial charge in [-0.2, -0.15) is 0 Å². The standard InChI is InChI=1S/C21H40N2O2/c1-17-8-5-10-18(11-6-9-17)15-23-13-7-12-19(16-23)14-22-20(24)25-21(2,3)4/h17-19H,5-16H2,1-4H3,(H,22,24). The summed E-state index contributed by atoms with van der Waals surface area (Å²) in [6.07, 6.45) is 10.6. The van der Waals surface area contributed by atoms with Gasteiger partial charge in [-0.15, -0.1) is 0 Å². The van der Waals surface area contributed by atoms with Crippen molar-refractivity contribution in [1.82, 2.24) is 10.2 Å². The molecule has 1 amide bonds. The second kappa shape index (κ2) is 9.80. The largest absolute Gasteiger partial charge is 0.444 e. The number of likely N-dealkylation sites (tertiary alicyclic amines) is 1. The molecule has 1 unspecified atom stereocenters. The molecule has 0 aromatic carbocycles. The Hall–Kier alpha value is -0.770. The van der Waals surface area contributed by atoms with Gasteiger partial charge < -0.3 is 15.0 Å². The van der Waals surface area contributed by atoms with Gasteiger partial charge in [-0.3, -0.25) is 0 Å². The van der Waals surface area contributed by atoms with Crippen LogP contribution in [0.3, 0.4) is 0 Å². The lowest BCUT2D eigenvalue weighted by Gasteiger charge is -2.36. The van der Waals surface area contributed by atoms with Crippen molar-refractivity contribution in [3.8, 4) is 0 Å². The third-order valence-electron chi connectivity index (χ3n) is 5.67. The van der Waals surface area contributed by atoms with Gasteiger partial charge in [0, 0.05) is 19.6 Å². The Morgan fingerprint density at radius 1 is 1.04 bits per heavy atom. The van der Waals surface area contributed by atoms with Crippen LogP contribution < -0.4 is 5.32 Å². The number of ether oxygens (including phenoxy) is 1. The van der Waals surface area contributed by atoms with Crippen LogP contribution in [0.4, 0.5) is 4.79 Å². The molecule has 4 nitrogen and oxygen atoms in total. The first-order chi connectivity index (χ1) is 11.8. The molecule has 1 saturated heterocycles.